The van der Waals surface area contributed by atoms with Crippen molar-refractivity contribution in [1.29, 1.82) is 0 Å². The van der Waals surface area contributed by atoms with E-state index in [0.717, 1.165) is 35.8 Å². The molecule has 0 bridgehead atoms. The summed E-state index contributed by atoms with van der Waals surface area (Å²) in [5.41, 5.74) is 1.36. The summed E-state index contributed by atoms with van der Waals surface area (Å²) in [6, 6.07) is 11.0. The molecule has 2 aromatic carbocycles. The number of carbonyl (C=O) groups excluding carboxylic acids is 2. The van der Waals surface area contributed by atoms with Crippen molar-refractivity contribution in [3.8, 4) is 0 Å². The van der Waals surface area contributed by atoms with Gasteiger partial charge in [0.1, 0.15) is 4.90 Å². The highest BCUT2D eigenvalue weighted by atomic mass is 35.5. The molecule has 0 aliphatic carbocycles. The molecule has 3 rings (SSSR count). The maximum atomic E-state index is 12.7. The van der Waals surface area contributed by atoms with Gasteiger partial charge in [0.2, 0.25) is 21.8 Å². The predicted octanol–water partition coefficient (Wildman–Crippen LogP) is 3.42. The molecular formula is C21H23Cl2N3O4S. The van der Waals surface area contributed by atoms with Crippen molar-refractivity contribution in [2.45, 2.75) is 24.2 Å². The van der Waals surface area contributed by atoms with Crippen LogP contribution in [0.4, 0.5) is 5.69 Å². The van der Waals surface area contributed by atoms with E-state index in [-0.39, 0.29) is 20.8 Å². The Balaban J connectivity index is 1.58. The lowest BCUT2D eigenvalue weighted by atomic mass is 10.1. The number of amides is 2. The van der Waals surface area contributed by atoms with Gasteiger partial charge in [-0.2, -0.15) is 4.31 Å². The van der Waals surface area contributed by atoms with Gasteiger partial charge in [0.25, 0.3) is 0 Å². The summed E-state index contributed by atoms with van der Waals surface area (Å²) in [4.78, 5) is 26.3. The van der Waals surface area contributed by atoms with E-state index >= 15 is 0 Å². The van der Waals surface area contributed by atoms with Crippen molar-refractivity contribution >= 4 is 50.7 Å². The molecule has 7 nitrogen and oxygen atoms in total. The number of rotatable bonds is 7. The molecule has 1 saturated heterocycles. The Morgan fingerprint density at radius 1 is 1.06 bits per heavy atom. The van der Waals surface area contributed by atoms with Crippen molar-refractivity contribution < 1.29 is 18.0 Å². The molecule has 1 aliphatic rings. The van der Waals surface area contributed by atoms with Crippen LogP contribution < -0.4 is 5.32 Å². The number of benzene rings is 2. The van der Waals surface area contributed by atoms with Crippen LogP contribution in [0.2, 0.25) is 10.0 Å². The average molecular weight is 484 g/mol. The predicted molar refractivity (Wildman–Crippen MR) is 121 cm³/mol. The second-order valence-electron chi connectivity index (χ2n) is 7.35. The first-order chi connectivity index (χ1) is 14.7. The SMILES string of the molecule is CN(CC(=O)Nc1ccc(CC(=O)N2CCCC2)cc1)S(=O)(=O)c1cc(Cl)ccc1Cl. The van der Waals surface area contributed by atoms with Crippen LogP contribution in [-0.2, 0) is 26.0 Å². The van der Waals surface area contributed by atoms with Crippen molar-refractivity contribution in [2.24, 2.45) is 0 Å². The minimum absolute atomic E-state index is 0.0238. The lowest BCUT2D eigenvalue weighted by molar-refractivity contribution is -0.129. The van der Waals surface area contributed by atoms with Gasteiger partial charge in [0.15, 0.2) is 0 Å². The van der Waals surface area contributed by atoms with E-state index in [1.807, 2.05) is 4.90 Å². The largest absolute Gasteiger partial charge is 0.342 e. The molecule has 0 aromatic heterocycles. The molecule has 166 valence electrons. The fourth-order valence-corrected chi connectivity index (χ4v) is 5.15. The zero-order valence-corrected chi connectivity index (χ0v) is 19.3. The molecule has 0 unspecified atom stereocenters. The summed E-state index contributed by atoms with van der Waals surface area (Å²) in [6.07, 6.45) is 2.41. The molecule has 0 atom stereocenters. The molecular weight excluding hydrogens is 461 g/mol. The molecule has 1 heterocycles. The van der Waals surface area contributed by atoms with E-state index in [4.69, 9.17) is 23.2 Å². The Labute approximate surface area is 192 Å². The molecule has 0 saturated carbocycles. The van der Waals surface area contributed by atoms with Crippen LogP contribution in [-0.4, -0.2) is 56.1 Å². The summed E-state index contributed by atoms with van der Waals surface area (Å²) in [6.45, 7) is 1.22. The number of nitrogens with zero attached hydrogens (tertiary/aromatic N) is 2. The summed E-state index contributed by atoms with van der Waals surface area (Å²) >= 11 is 11.9. The van der Waals surface area contributed by atoms with Crippen LogP contribution in [0.15, 0.2) is 47.4 Å². The molecule has 0 radical (unpaired) electrons. The van der Waals surface area contributed by atoms with Crippen LogP contribution in [0.5, 0.6) is 0 Å². The lowest BCUT2D eigenvalue weighted by Gasteiger charge is -2.18. The fraction of sp³-hybridized carbons (Fsp3) is 0.333. The molecule has 2 amide bonds. The fourth-order valence-electron chi connectivity index (χ4n) is 3.29. The molecule has 1 fully saturated rings. The Bertz CT molecular complexity index is 1070. The number of hydrogen-bond donors (Lipinski definition) is 1. The van der Waals surface area contributed by atoms with Crippen LogP contribution in [0.25, 0.3) is 0 Å². The van der Waals surface area contributed by atoms with Crippen molar-refractivity contribution in [2.75, 3.05) is 32.0 Å². The monoisotopic (exact) mass is 483 g/mol. The Hall–Kier alpha value is -2.13. The van der Waals surface area contributed by atoms with E-state index < -0.39 is 22.5 Å². The first-order valence-electron chi connectivity index (χ1n) is 9.75. The number of halogens is 2. The highest BCUT2D eigenvalue weighted by Crippen LogP contribution is 2.27. The number of likely N-dealkylation sites (tertiary alicyclic amines) is 1. The highest BCUT2D eigenvalue weighted by Gasteiger charge is 2.26. The average Bonchev–Trinajstić information content (AvgIpc) is 3.26. The summed E-state index contributed by atoms with van der Waals surface area (Å²) in [7, 11) is -2.70. The van der Waals surface area contributed by atoms with Crippen molar-refractivity contribution in [3.63, 3.8) is 0 Å². The van der Waals surface area contributed by atoms with Crippen LogP contribution in [0.1, 0.15) is 18.4 Å². The molecule has 1 aliphatic heterocycles. The quantitative estimate of drug-likeness (QED) is 0.653. The van der Waals surface area contributed by atoms with E-state index in [1.54, 1.807) is 24.3 Å². The van der Waals surface area contributed by atoms with E-state index in [1.165, 1.54) is 25.2 Å². The molecule has 10 heteroatoms. The van der Waals surface area contributed by atoms with Crippen LogP contribution >= 0.6 is 23.2 Å². The number of anilines is 1. The summed E-state index contributed by atoms with van der Waals surface area (Å²) in [5, 5.41) is 2.91. The maximum absolute atomic E-state index is 12.7. The van der Waals surface area contributed by atoms with Gasteiger partial charge >= 0.3 is 0 Å². The minimum atomic E-state index is -3.99. The smallest absolute Gasteiger partial charge is 0.244 e. The number of nitrogens with one attached hydrogen (secondary N) is 1. The first-order valence-corrected chi connectivity index (χ1v) is 11.9. The number of likely N-dealkylation sites (N-methyl/N-ethyl adjacent to an activating group) is 1. The van der Waals surface area contributed by atoms with Gasteiger partial charge in [-0.05, 0) is 48.7 Å². The summed E-state index contributed by atoms with van der Waals surface area (Å²) in [5.74, 6) is -0.411. The first kappa shape index (κ1) is 23.5. The topological polar surface area (TPSA) is 86.8 Å². The van der Waals surface area contributed by atoms with Gasteiger partial charge in [0.05, 0.1) is 18.0 Å². The second kappa shape index (κ2) is 9.99. The van der Waals surface area contributed by atoms with Gasteiger partial charge in [0, 0.05) is 30.8 Å². The van der Waals surface area contributed by atoms with Crippen LogP contribution in [0, 0.1) is 0 Å². The van der Waals surface area contributed by atoms with Gasteiger partial charge in [-0.15, -0.1) is 0 Å². The van der Waals surface area contributed by atoms with E-state index in [9.17, 15) is 18.0 Å². The van der Waals surface area contributed by atoms with Crippen molar-refractivity contribution in [1.82, 2.24) is 9.21 Å². The minimum Gasteiger partial charge on any atom is -0.342 e. The van der Waals surface area contributed by atoms with E-state index in [2.05, 4.69) is 5.32 Å². The number of carbonyl (C=O) groups is 2. The zero-order valence-electron chi connectivity index (χ0n) is 17.0. The van der Waals surface area contributed by atoms with Gasteiger partial charge in [-0.25, -0.2) is 8.42 Å². The Kier molecular flexibility index (Phi) is 7.59. The maximum Gasteiger partial charge on any atom is 0.244 e. The highest BCUT2D eigenvalue weighted by molar-refractivity contribution is 7.89. The molecule has 2 aromatic rings. The molecule has 1 N–H and O–H groups in total. The Morgan fingerprint density at radius 3 is 2.35 bits per heavy atom. The number of sulfonamides is 1. The third kappa shape index (κ3) is 5.98. The Morgan fingerprint density at radius 2 is 1.71 bits per heavy atom. The third-order valence-corrected chi connectivity index (χ3v) is 7.52. The molecule has 31 heavy (non-hydrogen) atoms. The van der Waals surface area contributed by atoms with Gasteiger partial charge < -0.3 is 10.2 Å². The zero-order chi connectivity index (χ0) is 22.6. The van der Waals surface area contributed by atoms with Gasteiger partial charge in [-0.3, -0.25) is 9.59 Å². The third-order valence-electron chi connectivity index (χ3n) is 5.00. The molecule has 0 spiro atoms. The lowest BCUT2D eigenvalue weighted by Crippen LogP contribution is -2.35. The van der Waals surface area contributed by atoms with E-state index in [0.29, 0.717) is 12.1 Å². The normalized spacial score (nSPS) is 14.1. The van der Waals surface area contributed by atoms with Crippen molar-refractivity contribution in [3.05, 3.63) is 58.1 Å². The number of hydrogen-bond acceptors (Lipinski definition) is 4. The summed E-state index contributed by atoms with van der Waals surface area (Å²) < 4.78 is 26.3. The standard InChI is InChI=1S/C21H23Cl2N3O4S/c1-25(31(29,30)19-13-16(22)6-9-18(19)23)14-20(27)24-17-7-4-15(5-8-17)12-21(28)26-10-2-3-11-26/h4-9,13H,2-3,10-12,14H2,1H3,(H,24,27). The van der Waals surface area contributed by atoms with Gasteiger partial charge in [-0.1, -0.05) is 35.3 Å². The second-order valence-corrected chi connectivity index (χ2v) is 10.2. The van der Waals surface area contributed by atoms with Crippen LogP contribution in [0.3, 0.4) is 0 Å².